The number of carbonyl (C=O) groups is 5. The number of esters is 2. The second kappa shape index (κ2) is 15.6. The molecule has 4 aliphatic carbocycles. The van der Waals surface area contributed by atoms with Gasteiger partial charge in [-0.05, 0) is 90.6 Å². The number of Topliss-reactive ketones (excluding diaryl/α,β-unsaturated/α-hetero) is 1. The number of nitrogens with one attached hydrogen (secondary N) is 1. The van der Waals surface area contributed by atoms with Gasteiger partial charge >= 0.3 is 11.9 Å². The number of hydrogen-bond acceptors (Lipinski definition) is 10. The number of benzene rings is 3. The molecule has 12 heteroatoms. The quantitative estimate of drug-likeness (QED) is 0.164. The topological polar surface area (TPSA) is 182 Å². The van der Waals surface area contributed by atoms with E-state index in [0.717, 1.165) is 10.8 Å². The summed E-state index contributed by atoms with van der Waals surface area (Å²) in [6, 6.07) is 20.5. The van der Waals surface area contributed by atoms with Crippen LogP contribution in [0.5, 0.6) is 0 Å². The summed E-state index contributed by atoms with van der Waals surface area (Å²) in [5.74, 6) is -5.07. The van der Waals surface area contributed by atoms with E-state index in [0.29, 0.717) is 41.6 Å². The highest BCUT2D eigenvalue weighted by atomic mass is 19.1. The van der Waals surface area contributed by atoms with Crippen molar-refractivity contribution in [3.05, 3.63) is 102 Å². The monoisotopic (exact) mass is 794 g/mol. The van der Waals surface area contributed by atoms with Gasteiger partial charge in [0.25, 0.3) is 0 Å². The maximum atomic E-state index is 17.4. The van der Waals surface area contributed by atoms with Gasteiger partial charge in [-0.2, -0.15) is 0 Å². The molecule has 0 radical (unpaired) electrons. The fourth-order valence-electron chi connectivity index (χ4n) is 10.6. The number of carbonyl (C=O) groups excluding carboxylic acids is 5. The molecule has 0 spiro atoms. The number of anilines is 1. The van der Waals surface area contributed by atoms with E-state index in [9.17, 15) is 34.2 Å². The third-order valence-corrected chi connectivity index (χ3v) is 13.9. The van der Waals surface area contributed by atoms with Crippen molar-refractivity contribution in [2.24, 2.45) is 34.3 Å². The summed E-state index contributed by atoms with van der Waals surface area (Å²) in [5, 5.41) is 28.7. The van der Waals surface area contributed by atoms with Crippen LogP contribution < -0.4 is 11.1 Å². The van der Waals surface area contributed by atoms with Crippen molar-refractivity contribution in [1.29, 1.82) is 0 Å². The molecule has 1 amide bonds. The Morgan fingerprint density at radius 3 is 2.36 bits per heavy atom. The van der Waals surface area contributed by atoms with Gasteiger partial charge in [0.15, 0.2) is 18.1 Å². The molecule has 0 aromatic heterocycles. The molecule has 0 bridgehead atoms. The third kappa shape index (κ3) is 6.88. The standard InChI is InChI=1S/C46H51FN2O9/c1-27-20-37-36-15-13-32-22-34(50)18-19-43(32,2)45(36,47)38(51)23-44(37,3)46(27,56)39(52)26-58-41(54)17-16-40(53)57-25-28-8-10-30(11-9-28)35(24-48)42(55)49-33-14-12-29-6-4-5-7-31(29)21-33/h4-12,14,18-19,21-22,27,35-38,51,56H,13,15-17,20,23-26,48H2,1-3H3,(H,49,55)/t27-,35-,36+,37+,38+,43+,44+,45+,46+/m1/s1. The molecule has 3 saturated carbocycles. The predicted octanol–water partition coefficient (Wildman–Crippen LogP) is 5.80. The lowest BCUT2D eigenvalue weighted by atomic mass is 9.44. The lowest BCUT2D eigenvalue weighted by Gasteiger charge is -2.62. The number of ether oxygens (including phenoxy) is 2. The second-order valence-electron chi connectivity index (χ2n) is 17.0. The zero-order valence-electron chi connectivity index (χ0n) is 33.0. The minimum absolute atomic E-state index is 0.0773. The summed E-state index contributed by atoms with van der Waals surface area (Å²) in [5.41, 5.74) is 2.11. The zero-order valence-corrected chi connectivity index (χ0v) is 33.0. The summed E-state index contributed by atoms with van der Waals surface area (Å²) in [6.07, 6.45) is 3.10. The first-order valence-electron chi connectivity index (χ1n) is 20.0. The summed E-state index contributed by atoms with van der Waals surface area (Å²) in [6.45, 7) is 4.39. The van der Waals surface area contributed by atoms with E-state index in [4.69, 9.17) is 15.2 Å². The molecule has 3 fully saturated rings. The van der Waals surface area contributed by atoms with Crippen molar-refractivity contribution in [2.45, 2.75) is 89.2 Å². The average molecular weight is 795 g/mol. The molecule has 0 aliphatic heterocycles. The highest BCUT2D eigenvalue weighted by molar-refractivity contribution is 6.01. The maximum Gasteiger partial charge on any atom is 0.306 e. The van der Waals surface area contributed by atoms with E-state index in [1.807, 2.05) is 42.5 Å². The van der Waals surface area contributed by atoms with Crippen molar-refractivity contribution in [3.8, 4) is 0 Å². The summed E-state index contributed by atoms with van der Waals surface area (Å²) in [4.78, 5) is 64.3. The number of halogens is 1. The van der Waals surface area contributed by atoms with Gasteiger partial charge < -0.3 is 30.7 Å². The van der Waals surface area contributed by atoms with Crippen LogP contribution in [-0.2, 0) is 40.1 Å². The molecule has 5 N–H and O–H groups in total. The molecule has 0 saturated heterocycles. The maximum absolute atomic E-state index is 17.4. The first-order chi connectivity index (χ1) is 27.5. The Kier molecular flexibility index (Phi) is 11.1. The minimum atomic E-state index is -2.11. The molecule has 0 unspecified atom stereocenters. The average Bonchev–Trinajstić information content (AvgIpc) is 3.41. The molecular weight excluding hydrogens is 744 g/mol. The smallest absolute Gasteiger partial charge is 0.306 e. The van der Waals surface area contributed by atoms with Crippen LogP contribution in [-0.4, -0.2) is 70.2 Å². The molecule has 3 aromatic carbocycles. The number of nitrogens with two attached hydrogens (primary N) is 1. The van der Waals surface area contributed by atoms with Gasteiger partial charge in [0.1, 0.15) is 12.2 Å². The van der Waals surface area contributed by atoms with E-state index in [1.54, 1.807) is 51.1 Å². The van der Waals surface area contributed by atoms with Crippen LogP contribution in [0, 0.1) is 28.6 Å². The number of hydrogen-bond donors (Lipinski definition) is 4. The van der Waals surface area contributed by atoms with Crippen molar-refractivity contribution in [1.82, 2.24) is 0 Å². The first kappa shape index (κ1) is 41.1. The minimum Gasteiger partial charge on any atom is -0.461 e. The van der Waals surface area contributed by atoms with Crippen molar-refractivity contribution in [2.75, 3.05) is 18.5 Å². The number of alkyl halides is 1. The van der Waals surface area contributed by atoms with Crippen LogP contribution in [0.1, 0.15) is 76.3 Å². The van der Waals surface area contributed by atoms with E-state index in [2.05, 4.69) is 5.32 Å². The number of allylic oxidation sites excluding steroid dienone is 4. The van der Waals surface area contributed by atoms with Gasteiger partial charge in [0.05, 0.1) is 24.9 Å². The van der Waals surface area contributed by atoms with Gasteiger partial charge in [-0.1, -0.05) is 80.1 Å². The van der Waals surface area contributed by atoms with Crippen LogP contribution in [0.3, 0.4) is 0 Å². The third-order valence-electron chi connectivity index (χ3n) is 13.9. The highest BCUT2D eigenvalue weighted by Crippen LogP contribution is 2.70. The molecular formula is C46H51FN2O9. The van der Waals surface area contributed by atoms with Crippen LogP contribution in [0.25, 0.3) is 10.8 Å². The molecule has 7 rings (SSSR count). The Labute approximate surface area is 336 Å². The fraction of sp³-hybridized carbons (Fsp3) is 0.457. The molecule has 0 heterocycles. The summed E-state index contributed by atoms with van der Waals surface area (Å²) in [7, 11) is 0. The van der Waals surface area contributed by atoms with E-state index >= 15 is 4.39 Å². The lowest BCUT2D eigenvalue weighted by molar-refractivity contribution is -0.220. The number of aliphatic hydroxyl groups excluding tert-OH is 1. The van der Waals surface area contributed by atoms with Crippen molar-refractivity contribution < 1.29 is 48.0 Å². The van der Waals surface area contributed by atoms with Gasteiger partial charge in [-0.25, -0.2) is 4.39 Å². The molecule has 306 valence electrons. The SMILES string of the molecule is C[C@@H]1C[C@H]2[C@@H]3CCC4=CC(=O)C=C[C@]4(C)[C@@]3(F)[C@@H](O)C[C@]2(C)[C@@]1(O)C(=O)COC(=O)CCC(=O)OCc1ccc([C@@H](CN)C(=O)Nc2ccc3ccccc3c2)cc1. The van der Waals surface area contributed by atoms with Gasteiger partial charge in [-0.3, -0.25) is 24.0 Å². The van der Waals surface area contributed by atoms with Gasteiger partial charge in [0.2, 0.25) is 11.7 Å². The van der Waals surface area contributed by atoms with Crippen LogP contribution in [0.2, 0.25) is 0 Å². The summed E-state index contributed by atoms with van der Waals surface area (Å²) < 4.78 is 28.0. The Bertz CT molecular complexity index is 2200. The Morgan fingerprint density at radius 2 is 1.66 bits per heavy atom. The Balaban J connectivity index is 0.890. The number of fused-ring (bicyclic) bond motifs is 6. The fourth-order valence-corrected chi connectivity index (χ4v) is 10.6. The normalized spacial score (nSPS) is 31.6. The van der Waals surface area contributed by atoms with Crippen molar-refractivity contribution >= 4 is 45.9 Å². The zero-order chi connectivity index (χ0) is 41.6. The molecule has 11 nitrogen and oxygen atoms in total. The Hall–Kier alpha value is -5.04. The van der Waals surface area contributed by atoms with Crippen LogP contribution in [0.15, 0.2) is 90.5 Å². The lowest BCUT2D eigenvalue weighted by Crippen LogP contribution is -2.69. The molecule has 3 aromatic rings. The predicted molar refractivity (Wildman–Crippen MR) is 214 cm³/mol. The molecule has 9 atom stereocenters. The number of aliphatic hydroxyl groups is 2. The van der Waals surface area contributed by atoms with Gasteiger partial charge in [0, 0.05) is 29.0 Å². The molecule has 4 aliphatic rings. The van der Waals surface area contributed by atoms with E-state index in [-0.39, 0.29) is 44.1 Å². The number of amides is 1. The highest BCUT2D eigenvalue weighted by Gasteiger charge is 2.75. The summed E-state index contributed by atoms with van der Waals surface area (Å²) >= 11 is 0. The van der Waals surface area contributed by atoms with Crippen LogP contribution >= 0.6 is 0 Å². The van der Waals surface area contributed by atoms with Crippen molar-refractivity contribution in [3.63, 3.8) is 0 Å². The number of rotatable bonds is 12. The van der Waals surface area contributed by atoms with Gasteiger partial charge in [-0.15, -0.1) is 0 Å². The number of ketones is 2. The van der Waals surface area contributed by atoms with E-state index in [1.165, 1.54) is 12.2 Å². The van der Waals surface area contributed by atoms with E-state index < -0.39 is 76.2 Å². The Morgan fingerprint density at radius 1 is 0.966 bits per heavy atom. The first-order valence-corrected chi connectivity index (χ1v) is 20.0. The molecule has 58 heavy (non-hydrogen) atoms. The largest absolute Gasteiger partial charge is 0.461 e. The second-order valence-corrected chi connectivity index (χ2v) is 17.0. The van der Waals surface area contributed by atoms with Crippen LogP contribution in [0.4, 0.5) is 10.1 Å².